The van der Waals surface area contributed by atoms with E-state index < -0.39 is 47.6 Å². The highest BCUT2D eigenvalue weighted by Gasteiger charge is 2.61. The number of aromatic nitrogens is 2. The quantitative estimate of drug-likeness (QED) is 0.227. The van der Waals surface area contributed by atoms with E-state index in [9.17, 15) is 19.5 Å². The van der Waals surface area contributed by atoms with Crippen LogP contribution in [0.5, 0.6) is 5.75 Å². The number of rotatable bonds is 6. The lowest BCUT2D eigenvalue weighted by Crippen LogP contribution is -2.52. The smallest absolute Gasteiger partial charge is 0.360 e. The number of aliphatic hydroxyl groups excluding tert-OH is 1. The van der Waals surface area contributed by atoms with E-state index in [1.807, 2.05) is 56.3 Å². The number of carbonyl (C=O) groups excluding carboxylic acids is 3. The average molecular weight is 642 g/mol. The molecule has 0 fully saturated rings. The molecule has 3 aliphatic heterocycles. The minimum atomic E-state index is -1.30. The summed E-state index contributed by atoms with van der Waals surface area (Å²) in [7, 11) is 1.25. The van der Waals surface area contributed by atoms with Crippen molar-refractivity contribution in [3.05, 3.63) is 82.8 Å². The first-order chi connectivity index (χ1) is 22.5. The van der Waals surface area contributed by atoms with E-state index in [1.54, 1.807) is 13.8 Å². The normalized spacial score (nSPS) is 23.1. The van der Waals surface area contributed by atoms with E-state index in [1.165, 1.54) is 13.4 Å². The van der Waals surface area contributed by atoms with Crippen LogP contribution in [0.4, 0.5) is 5.69 Å². The SMILES string of the molecule is COC(=O)c1coc(-c2nc3oc2C24c5ccccc5NC2Oc2ccc(cc24)C[C@H](NC(=O)[C@@H](O)C(C)C)C(=O)N[C@H]3C(C)C)n1. The number of amides is 2. The fraction of sp³-hybridized carbons (Fsp3) is 0.382. The van der Waals surface area contributed by atoms with Crippen molar-refractivity contribution < 1.29 is 37.8 Å². The minimum Gasteiger partial charge on any atom is -0.469 e. The molecule has 2 aromatic heterocycles. The zero-order chi connectivity index (χ0) is 33.2. The van der Waals surface area contributed by atoms with E-state index in [0.717, 1.165) is 22.4 Å². The molecule has 4 bridgehead atoms. The Balaban J connectivity index is 1.48. The number of carbonyl (C=O) groups is 3. The molecule has 7 rings (SSSR count). The number of para-hydroxylation sites is 1. The summed E-state index contributed by atoms with van der Waals surface area (Å²) in [5.41, 5.74) is 2.25. The zero-order valence-corrected chi connectivity index (χ0v) is 26.5. The van der Waals surface area contributed by atoms with Crippen LogP contribution >= 0.6 is 0 Å². The van der Waals surface area contributed by atoms with Gasteiger partial charge in [0.1, 0.15) is 35.6 Å². The predicted octanol–water partition coefficient (Wildman–Crippen LogP) is 3.47. The van der Waals surface area contributed by atoms with Crippen molar-refractivity contribution >= 4 is 23.5 Å². The second-order valence-electron chi connectivity index (χ2n) is 12.8. The number of esters is 1. The van der Waals surface area contributed by atoms with Crippen LogP contribution in [0.25, 0.3) is 11.6 Å². The van der Waals surface area contributed by atoms with E-state index in [0.29, 0.717) is 11.5 Å². The first-order valence-electron chi connectivity index (χ1n) is 15.5. The van der Waals surface area contributed by atoms with Gasteiger partial charge in [-0.25, -0.2) is 14.8 Å². The summed E-state index contributed by atoms with van der Waals surface area (Å²) >= 11 is 0. The van der Waals surface area contributed by atoms with Gasteiger partial charge in [-0.3, -0.25) is 9.59 Å². The van der Waals surface area contributed by atoms with Gasteiger partial charge in [0.2, 0.25) is 23.6 Å². The summed E-state index contributed by atoms with van der Waals surface area (Å²) in [6, 6.07) is 11.6. The minimum absolute atomic E-state index is 0.0222. The van der Waals surface area contributed by atoms with Gasteiger partial charge in [0, 0.05) is 17.7 Å². The van der Waals surface area contributed by atoms with Crippen molar-refractivity contribution in [3.63, 3.8) is 0 Å². The summed E-state index contributed by atoms with van der Waals surface area (Å²) in [5, 5.41) is 19.8. The molecular formula is C34H35N5O8. The first kappa shape index (κ1) is 30.5. The zero-order valence-electron chi connectivity index (χ0n) is 26.5. The molecule has 47 heavy (non-hydrogen) atoms. The number of oxazole rings is 2. The van der Waals surface area contributed by atoms with Crippen LogP contribution in [0.2, 0.25) is 0 Å². The molecule has 2 amide bonds. The van der Waals surface area contributed by atoms with E-state index in [4.69, 9.17) is 23.3 Å². The van der Waals surface area contributed by atoms with Crippen LogP contribution in [0.3, 0.4) is 0 Å². The predicted molar refractivity (Wildman–Crippen MR) is 166 cm³/mol. The van der Waals surface area contributed by atoms with Gasteiger partial charge in [-0.05, 0) is 35.1 Å². The highest BCUT2D eigenvalue weighted by atomic mass is 16.5. The van der Waals surface area contributed by atoms with Crippen LogP contribution in [0, 0.1) is 11.8 Å². The summed E-state index contributed by atoms with van der Waals surface area (Å²) in [4.78, 5) is 48.6. The van der Waals surface area contributed by atoms with Gasteiger partial charge in [0.15, 0.2) is 23.4 Å². The molecule has 0 radical (unpaired) electrons. The molecule has 244 valence electrons. The van der Waals surface area contributed by atoms with Crippen molar-refractivity contribution in [2.24, 2.45) is 11.8 Å². The van der Waals surface area contributed by atoms with Crippen molar-refractivity contribution in [2.75, 3.05) is 12.4 Å². The van der Waals surface area contributed by atoms with Crippen LogP contribution < -0.4 is 20.7 Å². The number of methoxy groups -OCH3 is 1. The molecule has 2 unspecified atom stereocenters. The highest BCUT2D eigenvalue weighted by molar-refractivity contribution is 5.90. The maximum atomic E-state index is 13.9. The lowest BCUT2D eigenvalue weighted by Gasteiger charge is -2.29. The van der Waals surface area contributed by atoms with E-state index in [-0.39, 0.29) is 41.4 Å². The van der Waals surface area contributed by atoms with Gasteiger partial charge >= 0.3 is 5.97 Å². The Hall–Kier alpha value is -5.17. The molecule has 13 nitrogen and oxygen atoms in total. The topological polar surface area (TPSA) is 178 Å². The molecule has 1 spiro atoms. The Morgan fingerprint density at radius 1 is 1.09 bits per heavy atom. The molecule has 13 heteroatoms. The van der Waals surface area contributed by atoms with Crippen molar-refractivity contribution in [3.8, 4) is 17.3 Å². The molecule has 0 aliphatic carbocycles. The second kappa shape index (κ2) is 11.3. The monoisotopic (exact) mass is 641 g/mol. The molecule has 5 atom stereocenters. The van der Waals surface area contributed by atoms with Gasteiger partial charge in [0.25, 0.3) is 0 Å². The summed E-state index contributed by atoms with van der Waals surface area (Å²) in [6.07, 6.45) is -0.624. The number of anilines is 1. The average Bonchev–Trinajstić information content (AvgIpc) is 3.83. The third-order valence-corrected chi connectivity index (χ3v) is 9.05. The van der Waals surface area contributed by atoms with Crippen LogP contribution in [-0.4, -0.2) is 58.3 Å². The molecule has 0 saturated heterocycles. The molecule has 3 aliphatic rings. The Labute approximate surface area is 270 Å². The number of hydrogen-bond donors (Lipinski definition) is 4. The standard InChI is InChI=1S/C34H35N5O8/c1-15(2)24-31-39-25(30-36-22(14-45-30)32(43)44-5)27(47-31)34-18-8-6-7-9-20(18)37-33(34)46-23-11-10-17(12-19(23)34)13-21(28(41)38-24)35-29(42)26(40)16(3)4/h6-12,14-16,21,24,26,33,37,40H,13H2,1-5H3,(H,35,42)(H,38,41)/t21-,24-,26-,33?,34?/m0/s1. The molecule has 5 heterocycles. The number of nitrogens with one attached hydrogen (secondary N) is 3. The van der Waals surface area contributed by atoms with Gasteiger partial charge in [-0.15, -0.1) is 0 Å². The van der Waals surface area contributed by atoms with Gasteiger partial charge in [0.05, 0.1) is 7.11 Å². The van der Waals surface area contributed by atoms with Gasteiger partial charge < -0.3 is 39.4 Å². The Morgan fingerprint density at radius 3 is 2.62 bits per heavy atom. The third kappa shape index (κ3) is 4.75. The first-order valence-corrected chi connectivity index (χ1v) is 15.5. The maximum Gasteiger partial charge on any atom is 0.360 e. The fourth-order valence-corrected chi connectivity index (χ4v) is 6.59. The fourth-order valence-electron chi connectivity index (χ4n) is 6.59. The van der Waals surface area contributed by atoms with Crippen molar-refractivity contribution in [1.82, 2.24) is 20.6 Å². The second-order valence-corrected chi connectivity index (χ2v) is 12.8. The van der Waals surface area contributed by atoms with Crippen LogP contribution in [-0.2, 0) is 26.2 Å². The van der Waals surface area contributed by atoms with Crippen LogP contribution in [0.15, 0.2) is 57.6 Å². The third-order valence-electron chi connectivity index (χ3n) is 9.05. The summed E-state index contributed by atoms with van der Waals surface area (Å²) in [5.74, 6) is -1.23. The number of ether oxygens (including phenoxy) is 2. The number of benzene rings is 2. The Kier molecular flexibility index (Phi) is 7.31. The molecular weight excluding hydrogens is 606 g/mol. The molecule has 4 N–H and O–H groups in total. The van der Waals surface area contributed by atoms with Gasteiger partial charge in [-0.1, -0.05) is 58.0 Å². The summed E-state index contributed by atoms with van der Waals surface area (Å²) < 4.78 is 24.0. The molecule has 2 aromatic carbocycles. The lowest BCUT2D eigenvalue weighted by molar-refractivity contribution is -0.135. The van der Waals surface area contributed by atoms with Crippen molar-refractivity contribution in [2.45, 2.75) is 63.9 Å². The Bertz CT molecular complexity index is 1900. The number of nitrogens with zero attached hydrogens (tertiary/aromatic N) is 2. The van der Waals surface area contributed by atoms with E-state index >= 15 is 0 Å². The largest absolute Gasteiger partial charge is 0.469 e. The number of hydrogen-bond acceptors (Lipinski definition) is 11. The molecule has 4 aromatic rings. The van der Waals surface area contributed by atoms with Gasteiger partial charge in [-0.2, -0.15) is 0 Å². The van der Waals surface area contributed by atoms with Crippen LogP contribution in [0.1, 0.15) is 72.6 Å². The number of aliphatic hydroxyl groups is 1. The van der Waals surface area contributed by atoms with Crippen molar-refractivity contribution in [1.29, 1.82) is 0 Å². The maximum absolute atomic E-state index is 13.9. The van der Waals surface area contributed by atoms with E-state index in [2.05, 4.69) is 20.9 Å². The number of fused-ring (bicyclic) bond motifs is 4. The highest BCUT2D eigenvalue weighted by Crippen LogP contribution is 2.59. The molecule has 0 saturated carbocycles. The lowest BCUT2D eigenvalue weighted by atomic mass is 9.72. The summed E-state index contributed by atoms with van der Waals surface area (Å²) in [6.45, 7) is 7.26. The Morgan fingerprint density at radius 2 is 1.87 bits per heavy atom.